The van der Waals surface area contributed by atoms with Gasteiger partial charge in [-0.1, -0.05) is 18.2 Å². The molecule has 31 heavy (non-hydrogen) atoms. The predicted octanol–water partition coefficient (Wildman–Crippen LogP) is 1.90. The Morgan fingerprint density at radius 1 is 1.03 bits per heavy atom. The Morgan fingerprint density at radius 2 is 1.74 bits per heavy atom. The van der Waals surface area contributed by atoms with Crippen LogP contribution in [0.1, 0.15) is 12.0 Å². The van der Waals surface area contributed by atoms with Crippen LogP contribution >= 0.6 is 0 Å². The van der Waals surface area contributed by atoms with E-state index in [0.29, 0.717) is 5.56 Å². The van der Waals surface area contributed by atoms with Gasteiger partial charge in [0.25, 0.3) is 0 Å². The number of carbonyl (C=O) groups excluding carboxylic acids is 1. The quantitative estimate of drug-likeness (QED) is 0.701. The summed E-state index contributed by atoms with van der Waals surface area (Å²) in [5, 5.41) is 2.85. The van der Waals surface area contributed by atoms with Gasteiger partial charge in [0.2, 0.25) is 15.9 Å². The number of sulfonamides is 1. The summed E-state index contributed by atoms with van der Waals surface area (Å²) < 4.78 is 39.3. The van der Waals surface area contributed by atoms with Crippen LogP contribution in [0.15, 0.2) is 53.4 Å². The largest absolute Gasteiger partial charge is 0.370 e. The van der Waals surface area contributed by atoms with Crippen LogP contribution in [0.5, 0.6) is 0 Å². The molecule has 0 atom stereocenters. The number of halogens is 1. The van der Waals surface area contributed by atoms with Gasteiger partial charge in [-0.25, -0.2) is 17.1 Å². The van der Waals surface area contributed by atoms with Crippen molar-refractivity contribution in [2.75, 3.05) is 51.7 Å². The van der Waals surface area contributed by atoms with Gasteiger partial charge in [-0.05, 0) is 42.3 Å². The lowest BCUT2D eigenvalue weighted by molar-refractivity contribution is -0.122. The van der Waals surface area contributed by atoms with Crippen LogP contribution in [0.2, 0.25) is 0 Å². The minimum Gasteiger partial charge on any atom is -0.370 e. The lowest BCUT2D eigenvalue weighted by Crippen LogP contribution is -2.39. The van der Waals surface area contributed by atoms with Crippen molar-refractivity contribution in [2.24, 2.45) is 0 Å². The van der Waals surface area contributed by atoms with E-state index in [1.807, 2.05) is 0 Å². The molecule has 7 nitrogen and oxygen atoms in total. The van der Waals surface area contributed by atoms with Gasteiger partial charge in [-0.2, -0.15) is 0 Å². The second-order valence-corrected chi connectivity index (χ2v) is 9.89. The molecule has 1 fully saturated rings. The van der Waals surface area contributed by atoms with E-state index >= 15 is 0 Å². The summed E-state index contributed by atoms with van der Waals surface area (Å²) >= 11 is 0. The first-order valence-electron chi connectivity index (χ1n) is 10.3. The van der Waals surface area contributed by atoms with Gasteiger partial charge in [0, 0.05) is 52.5 Å². The van der Waals surface area contributed by atoms with E-state index in [9.17, 15) is 17.6 Å². The number of hydrogen-bond donors (Lipinski definition) is 1. The average Bonchev–Trinajstić information content (AvgIpc) is 2.98. The highest BCUT2D eigenvalue weighted by Crippen LogP contribution is 2.19. The van der Waals surface area contributed by atoms with Gasteiger partial charge in [0.15, 0.2) is 0 Å². The number of nitrogens with one attached hydrogen (secondary N) is 1. The van der Waals surface area contributed by atoms with Gasteiger partial charge in [0.1, 0.15) is 5.82 Å². The number of nitrogens with zero attached hydrogens (tertiary/aromatic N) is 3. The predicted molar refractivity (Wildman–Crippen MR) is 119 cm³/mol. The van der Waals surface area contributed by atoms with Crippen molar-refractivity contribution in [3.8, 4) is 0 Å². The fourth-order valence-electron chi connectivity index (χ4n) is 3.59. The Kier molecular flexibility index (Phi) is 7.64. The third-order valence-electron chi connectivity index (χ3n) is 5.35. The molecule has 1 N–H and O–H groups in total. The Bertz CT molecular complexity index is 996. The Balaban J connectivity index is 1.54. The van der Waals surface area contributed by atoms with E-state index in [1.165, 1.54) is 26.2 Å². The lowest BCUT2D eigenvalue weighted by Gasteiger charge is -2.23. The molecule has 1 amide bonds. The van der Waals surface area contributed by atoms with Crippen LogP contribution in [-0.2, 0) is 21.4 Å². The van der Waals surface area contributed by atoms with Gasteiger partial charge >= 0.3 is 0 Å². The zero-order valence-electron chi connectivity index (χ0n) is 17.9. The Labute approximate surface area is 183 Å². The van der Waals surface area contributed by atoms with Crippen LogP contribution in [0.25, 0.3) is 0 Å². The van der Waals surface area contributed by atoms with Crippen molar-refractivity contribution in [1.29, 1.82) is 0 Å². The standard InChI is InChI=1S/C22H29FN4O3S/c1-25(2)31(29,30)21-7-4-3-6-18(21)16-24-22(28)17-26-12-5-13-27(15-14-26)20-10-8-19(23)9-11-20/h3-4,6-11H,5,12-17H2,1-2H3,(H,24,28). The van der Waals surface area contributed by atoms with Crippen molar-refractivity contribution in [3.63, 3.8) is 0 Å². The number of carbonyl (C=O) groups is 1. The van der Waals surface area contributed by atoms with Crippen molar-refractivity contribution in [3.05, 3.63) is 59.9 Å². The topological polar surface area (TPSA) is 73.0 Å². The molecule has 9 heteroatoms. The fraction of sp³-hybridized carbons (Fsp3) is 0.409. The van der Waals surface area contributed by atoms with Gasteiger partial charge in [-0.3, -0.25) is 9.69 Å². The first-order chi connectivity index (χ1) is 14.8. The number of hydrogen-bond acceptors (Lipinski definition) is 5. The number of benzene rings is 2. The number of rotatable bonds is 7. The highest BCUT2D eigenvalue weighted by molar-refractivity contribution is 7.89. The Hall–Kier alpha value is -2.49. The maximum atomic E-state index is 13.2. The van der Waals surface area contributed by atoms with Crippen LogP contribution in [0, 0.1) is 5.82 Å². The van der Waals surface area contributed by atoms with Crippen LogP contribution in [0.3, 0.4) is 0 Å². The highest BCUT2D eigenvalue weighted by atomic mass is 32.2. The first-order valence-corrected chi connectivity index (χ1v) is 11.7. The van der Waals surface area contributed by atoms with Crippen LogP contribution in [-0.4, -0.2) is 70.3 Å². The first kappa shape index (κ1) is 23.2. The molecule has 0 saturated carbocycles. The van der Waals surface area contributed by atoms with E-state index < -0.39 is 10.0 Å². The minimum atomic E-state index is -3.58. The average molecular weight is 449 g/mol. The molecule has 1 aliphatic heterocycles. The molecule has 0 aliphatic carbocycles. The molecular formula is C22H29FN4O3S. The van der Waals surface area contributed by atoms with Crippen LogP contribution in [0.4, 0.5) is 10.1 Å². The normalized spacial score (nSPS) is 15.7. The zero-order chi connectivity index (χ0) is 22.4. The summed E-state index contributed by atoms with van der Waals surface area (Å²) in [6.07, 6.45) is 0.897. The maximum Gasteiger partial charge on any atom is 0.242 e. The molecule has 168 valence electrons. The summed E-state index contributed by atoms with van der Waals surface area (Å²) in [6.45, 7) is 3.51. The van der Waals surface area contributed by atoms with Crippen molar-refractivity contribution < 1.29 is 17.6 Å². The van der Waals surface area contributed by atoms with Gasteiger partial charge in [-0.15, -0.1) is 0 Å². The van der Waals surface area contributed by atoms with Crippen molar-refractivity contribution >= 4 is 21.6 Å². The SMILES string of the molecule is CN(C)S(=O)(=O)c1ccccc1CNC(=O)CN1CCCN(c2ccc(F)cc2)CC1. The molecule has 2 aromatic carbocycles. The van der Waals surface area contributed by atoms with E-state index in [4.69, 9.17) is 0 Å². The summed E-state index contributed by atoms with van der Waals surface area (Å²) in [7, 11) is -0.609. The van der Waals surface area contributed by atoms with Crippen molar-refractivity contribution in [1.82, 2.24) is 14.5 Å². The zero-order valence-corrected chi connectivity index (χ0v) is 18.7. The molecule has 2 aromatic rings. The summed E-state index contributed by atoms with van der Waals surface area (Å²) in [6, 6.07) is 13.2. The second kappa shape index (κ2) is 10.2. The van der Waals surface area contributed by atoms with E-state index in [2.05, 4.69) is 15.1 Å². The number of anilines is 1. The smallest absolute Gasteiger partial charge is 0.242 e. The molecule has 0 radical (unpaired) electrons. The second-order valence-electron chi connectivity index (χ2n) is 7.77. The molecule has 3 rings (SSSR count). The van der Waals surface area contributed by atoms with E-state index in [0.717, 1.165) is 42.6 Å². The molecular weight excluding hydrogens is 419 g/mol. The summed E-state index contributed by atoms with van der Waals surface area (Å²) in [4.78, 5) is 17.0. The van der Waals surface area contributed by atoms with E-state index in [1.54, 1.807) is 36.4 Å². The molecule has 0 unspecified atom stereocenters. The minimum absolute atomic E-state index is 0.146. The maximum absolute atomic E-state index is 13.2. The third-order valence-corrected chi connectivity index (χ3v) is 7.27. The third kappa shape index (κ3) is 6.03. The summed E-state index contributed by atoms with van der Waals surface area (Å²) in [5.41, 5.74) is 1.54. The molecule has 0 aromatic heterocycles. The fourth-order valence-corrected chi connectivity index (χ4v) is 4.71. The number of amides is 1. The Morgan fingerprint density at radius 3 is 2.45 bits per heavy atom. The molecule has 1 aliphatic rings. The molecule has 0 bridgehead atoms. The highest BCUT2D eigenvalue weighted by Gasteiger charge is 2.21. The van der Waals surface area contributed by atoms with Gasteiger partial charge in [0.05, 0.1) is 11.4 Å². The summed E-state index contributed by atoms with van der Waals surface area (Å²) in [5.74, 6) is -0.399. The lowest BCUT2D eigenvalue weighted by atomic mass is 10.2. The van der Waals surface area contributed by atoms with Gasteiger partial charge < -0.3 is 10.2 Å². The molecule has 0 spiro atoms. The monoisotopic (exact) mass is 448 g/mol. The van der Waals surface area contributed by atoms with Crippen molar-refractivity contribution in [2.45, 2.75) is 17.9 Å². The van der Waals surface area contributed by atoms with Crippen LogP contribution < -0.4 is 10.2 Å². The molecule has 1 heterocycles. The van der Waals surface area contributed by atoms with E-state index in [-0.39, 0.29) is 29.7 Å². The molecule has 1 saturated heterocycles.